The summed E-state index contributed by atoms with van der Waals surface area (Å²) in [7, 11) is 0. The normalized spacial score (nSPS) is 12.4. The van der Waals surface area contributed by atoms with Crippen molar-refractivity contribution in [1.82, 2.24) is 0 Å². The maximum absolute atomic E-state index is 13.9. The molecule has 1 atom stereocenters. The molecule has 0 saturated heterocycles. The summed E-state index contributed by atoms with van der Waals surface area (Å²) in [4.78, 5) is 0. The van der Waals surface area contributed by atoms with E-state index >= 15 is 0 Å². The molecule has 0 fully saturated rings. The van der Waals surface area contributed by atoms with Gasteiger partial charge in [0.15, 0.2) is 0 Å². The van der Waals surface area contributed by atoms with Gasteiger partial charge in [-0.1, -0.05) is 49.7 Å². The first-order chi connectivity index (χ1) is 9.61. The molecule has 0 aliphatic carbocycles. The van der Waals surface area contributed by atoms with Gasteiger partial charge in [-0.2, -0.15) is 0 Å². The smallest absolute Gasteiger partial charge is 0.129 e. The van der Waals surface area contributed by atoms with Gasteiger partial charge in [-0.25, -0.2) is 4.39 Å². The molecule has 2 heteroatoms. The monoisotopic (exact) mass is 272 g/mol. The topological polar surface area (TPSA) is 20.2 Å². The van der Waals surface area contributed by atoms with E-state index in [1.54, 1.807) is 6.07 Å². The van der Waals surface area contributed by atoms with Crippen LogP contribution in [-0.4, -0.2) is 5.11 Å². The summed E-state index contributed by atoms with van der Waals surface area (Å²) in [6, 6.07) is 12.7. The number of unbranched alkanes of at least 4 members (excludes halogenated alkanes) is 1. The van der Waals surface area contributed by atoms with Crippen molar-refractivity contribution in [3.05, 3.63) is 70.5 Å². The van der Waals surface area contributed by atoms with Crippen LogP contribution in [0.1, 0.15) is 48.1 Å². The van der Waals surface area contributed by atoms with Crippen molar-refractivity contribution in [3.63, 3.8) is 0 Å². The largest absolute Gasteiger partial charge is 0.384 e. The van der Waals surface area contributed by atoms with Crippen LogP contribution in [0.25, 0.3) is 0 Å². The first-order valence-electron chi connectivity index (χ1n) is 7.14. The SMILES string of the molecule is CCCCc1ccc(C(O)c2ccc(C)cc2F)cc1. The van der Waals surface area contributed by atoms with Crippen LogP contribution in [0.4, 0.5) is 4.39 Å². The Morgan fingerprint density at radius 1 is 1.10 bits per heavy atom. The van der Waals surface area contributed by atoms with Crippen LogP contribution in [0.5, 0.6) is 0 Å². The fraction of sp³-hybridized carbons (Fsp3) is 0.333. The Morgan fingerprint density at radius 3 is 2.40 bits per heavy atom. The zero-order chi connectivity index (χ0) is 14.5. The lowest BCUT2D eigenvalue weighted by atomic mass is 9.98. The lowest BCUT2D eigenvalue weighted by Crippen LogP contribution is -2.03. The number of aliphatic hydroxyl groups excluding tert-OH is 1. The fourth-order valence-corrected chi connectivity index (χ4v) is 2.28. The minimum absolute atomic E-state index is 0.330. The number of aliphatic hydroxyl groups is 1. The Balaban J connectivity index is 2.18. The quantitative estimate of drug-likeness (QED) is 0.846. The van der Waals surface area contributed by atoms with E-state index in [1.165, 1.54) is 18.1 Å². The maximum atomic E-state index is 13.9. The lowest BCUT2D eigenvalue weighted by Gasteiger charge is -2.13. The first kappa shape index (κ1) is 14.7. The molecule has 1 nitrogen and oxygen atoms in total. The number of rotatable bonds is 5. The van der Waals surface area contributed by atoms with Crippen LogP contribution in [0.3, 0.4) is 0 Å². The Kier molecular flexibility index (Phi) is 4.91. The highest BCUT2D eigenvalue weighted by atomic mass is 19.1. The molecule has 0 bridgehead atoms. The van der Waals surface area contributed by atoms with Gasteiger partial charge in [0.25, 0.3) is 0 Å². The molecule has 1 unspecified atom stereocenters. The van der Waals surface area contributed by atoms with Gasteiger partial charge in [-0.05, 0) is 42.5 Å². The fourth-order valence-electron chi connectivity index (χ4n) is 2.28. The van der Waals surface area contributed by atoms with Crippen LogP contribution in [-0.2, 0) is 6.42 Å². The molecule has 0 radical (unpaired) electrons. The Labute approximate surface area is 120 Å². The van der Waals surface area contributed by atoms with E-state index in [0.29, 0.717) is 5.56 Å². The Hall–Kier alpha value is -1.67. The number of hydrogen-bond acceptors (Lipinski definition) is 1. The Morgan fingerprint density at radius 2 is 1.80 bits per heavy atom. The van der Waals surface area contributed by atoms with Gasteiger partial charge in [0, 0.05) is 5.56 Å². The average Bonchev–Trinajstić information content (AvgIpc) is 2.45. The first-order valence-corrected chi connectivity index (χ1v) is 7.14. The summed E-state index contributed by atoms with van der Waals surface area (Å²) >= 11 is 0. The number of hydrogen-bond donors (Lipinski definition) is 1. The molecule has 2 aromatic carbocycles. The van der Waals surface area contributed by atoms with E-state index in [2.05, 4.69) is 6.92 Å². The van der Waals surface area contributed by atoms with Crippen LogP contribution in [0, 0.1) is 12.7 Å². The van der Waals surface area contributed by atoms with Crippen molar-refractivity contribution in [2.45, 2.75) is 39.2 Å². The zero-order valence-electron chi connectivity index (χ0n) is 12.1. The molecular formula is C18H21FO. The van der Waals surface area contributed by atoms with Crippen LogP contribution in [0.2, 0.25) is 0 Å². The summed E-state index contributed by atoms with van der Waals surface area (Å²) in [5.41, 5.74) is 3.17. The predicted octanol–water partition coefficient (Wildman–Crippen LogP) is 4.56. The molecule has 0 spiro atoms. The van der Waals surface area contributed by atoms with Crippen molar-refractivity contribution in [1.29, 1.82) is 0 Å². The average molecular weight is 272 g/mol. The van der Waals surface area contributed by atoms with Crippen molar-refractivity contribution in [2.75, 3.05) is 0 Å². The molecule has 0 amide bonds. The van der Waals surface area contributed by atoms with Gasteiger partial charge in [0.05, 0.1) is 0 Å². The second-order valence-electron chi connectivity index (χ2n) is 5.27. The van der Waals surface area contributed by atoms with Crippen LogP contribution >= 0.6 is 0 Å². The van der Waals surface area contributed by atoms with Gasteiger partial charge in [-0.15, -0.1) is 0 Å². The molecule has 0 aromatic heterocycles. The summed E-state index contributed by atoms with van der Waals surface area (Å²) in [5.74, 6) is -0.354. The van der Waals surface area contributed by atoms with E-state index < -0.39 is 6.10 Å². The molecular weight excluding hydrogens is 251 g/mol. The third kappa shape index (κ3) is 3.45. The molecule has 1 N–H and O–H groups in total. The molecule has 0 aliphatic rings. The second kappa shape index (κ2) is 6.67. The van der Waals surface area contributed by atoms with Crippen molar-refractivity contribution < 1.29 is 9.50 Å². The number of benzene rings is 2. The standard InChI is InChI=1S/C18H21FO/c1-3-4-5-14-7-9-15(10-8-14)18(20)16-11-6-13(2)12-17(16)19/h6-12,18,20H,3-5H2,1-2H3. The maximum Gasteiger partial charge on any atom is 0.129 e. The molecule has 2 rings (SSSR count). The van der Waals surface area contributed by atoms with Crippen molar-refractivity contribution in [3.8, 4) is 0 Å². The van der Waals surface area contributed by atoms with Crippen molar-refractivity contribution in [2.24, 2.45) is 0 Å². The second-order valence-corrected chi connectivity index (χ2v) is 5.27. The number of aryl methyl sites for hydroxylation is 2. The molecule has 2 aromatic rings. The molecule has 106 valence electrons. The van der Waals surface area contributed by atoms with Crippen LogP contribution < -0.4 is 0 Å². The summed E-state index contributed by atoms with van der Waals surface area (Å²) in [6.07, 6.45) is 2.47. The molecule has 0 aliphatic heterocycles. The summed E-state index contributed by atoms with van der Waals surface area (Å²) in [5, 5.41) is 10.3. The van der Waals surface area contributed by atoms with Gasteiger partial charge in [0.2, 0.25) is 0 Å². The molecule has 20 heavy (non-hydrogen) atoms. The predicted molar refractivity (Wildman–Crippen MR) is 80.3 cm³/mol. The van der Waals surface area contributed by atoms with E-state index in [0.717, 1.165) is 24.0 Å². The molecule has 0 saturated carbocycles. The highest BCUT2D eigenvalue weighted by Gasteiger charge is 2.14. The van der Waals surface area contributed by atoms with Gasteiger partial charge >= 0.3 is 0 Å². The van der Waals surface area contributed by atoms with Gasteiger partial charge in [-0.3, -0.25) is 0 Å². The Bertz CT molecular complexity index is 560. The van der Waals surface area contributed by atoms with Crippen LogP contribution in [0.15, 0.2) is 42.5 Å². The van der Waals surface area contributed by atoms with E-state index in [4.69, 9.17) is 0 Å². The highest BCUT2D eigenvalue weighted by Crippen LogP contribution is 2.25. The lowest BCUT2D eigenvalue weighted by molar-refractivity contribution is 0.215. The zero-order valence-corrected chi connectivity index (χ0v) is 12.1. The highest BCUT2D eigenvalue weighted by molar-refractivity contribution is 5.34. The third-order valence-corrected chi connectivity index (χ3v) is 3.57. The van der Waals surface area contributed by atoms with Crippen molar-refractivity contribution >= 4 is 0 Å². The van der Waals surface area contributed by atoms with E-state index in [9.17, 15) is 9.50 Å². The summed E-state index contributed by atoms with van der Waals surface area (Å²) < 4.78 is 13.9. The summed E-state index contributed by atoms with van der Waals surface area (Å²) in [6.45, 7) is 4.00. The van der Waals surface area contributed by atoms with E-state index in [-0.39, 0.29) is 5.82 Å². The minimum Gasteiger partial charge on any atom is -0.384 e. The molecule has 0 heterocycles. The third-order valence-electron chi connectivity index (χ3n) is 3.57. The van der Waals surface area contributed by atoms with Gasteiger partial charge < -0.3 is 5.11 Å². The number of halogens is 1. The van der Waals surface area contributed by atoms with Gasteiger partial charge in [0.1, 0.15) is 11.9 Å². The van der Waals surface area contributed by atoms with E-state index in [1.807, 2.05) is 37.3 Å². The minimum atomic E-state index is -0.907.